The fraction of sp³-hybridized carbons (Fsp3) is 0.769. The average Bonchev–Trinajstić information content (AvgIpc) is 2.52. The van der Waals surface area contributed by atoms with E-state index >= 15 is 0 Å². The summed E-state index contributed by atoms with van der Waals surface area (Å²) in [6.07, 6.45) is 3.08. The van der Waals surface area contributed by atoms with E-state index in [9.17, 15) is 0 Å². The predicted molar refractivity (Wildman–Crippen MR) is 82.3 cm³/mol. The Bertz CT molecular complexity index is 448. The molecule has 0 saturated carbocycles. The van der Waals surface area contributed by atoms with Crippen molar-refractivity contribution < 1.29 is 4.74 Å². The first-order valence-electron chi connectivity index (χ1n) is 7.41. The van der Waals surface area contributed by atoms with Gasteiger partial charge in [-0.25, -0.2) is 5.84 Å². The number of nitrogens with two attached hydrogens (primary N) is 1. The van der Waals surface area contributed by atoms with Gasteiger partial charge in [-0.3, -0.25) is 5.43 Å². The molecule has 1 aromatic heterocycles. The van der Waals surface area contributed by atoms with E-state index in [2.05, 4.69) is 37.2 Å². The zero-order chi connectivity index (χ0) is 15.2. The smallest absolute Gasteiger partial charge is 0.323 e. The highest BCUT2D eigenvalue weighted by Crippen LogP contribution is 2.21. The summed E-state index contributed by atoms with van der Waals surface area (Å²) in [6.45, 7) is 4.78. The first kappa shape index (κ1) is 15.7. The molecule has 0 bridgehead atoms. The lowest BCUT2D eigenvalue weighted by atomic mass is 10.0. The Balaban J connectivity index is 2.13. The molecular formula is C13H25N7O. The summed E-state index contributed by atoms with van der Waals surface area (Å²) >= 11 is 0. The van der Waals surface area contributed by atoms with Gasteiger partial charge in [0.25, 0.3) is 0 Å². The summed E-state index contributed by atoms with van der Waals surface area (Å²) in [7, 11) is 4.15. The third-order valence-electron chi connectivity index (χ3n) is 3.72. The van der Waals surface area contributed by atoms with Crippen molar-refractivity contribution in [2.75, 3.05) is 44.1 Å². The normalized spacial score (nSPS) is 16.8. The largest absolute Gasteiger partial charge is 0.463 e. The van der Waals surface area contributed by atoms with Crippen LogP contribution in [-0.4, -0.2) is 59.7 Å². The molecule has 21 heavy (non-hydrogen) atoms. The predicted octanol–water partition coefficient (Wildman–Crippen LogP) is 0.476. The Kier molecular flexibility index (Phi) is 5.51. The lowest BCUT2D eigenvalue weighted by Gasteiger charge is -2.35. The highest BCUT2D eigenvalue weighted by atomic mass is 16.5. The summed E-state index contributed by atoms with van der Waals surface area (Å²) < 4.78 is 5.50. The number of hydrogen-bond donors (Lipinski definition) is 2. The number of hydrazine groups is 1. The molecule has 1 fully saturated rings. The molecule has 1 saturated heterocycles. The van der Waals surface area contributed by atoms with E-state index in [-0.39, 0.29) is 0 Å². The van der Waals surface area contributed by atoms with Gasteiger partial charge in [0.1, 0.15) is 0 Å². The zero-order valence-electron chi connectivity index (χ0n) is 13.0. The number of ether oxygens (including phenoxy) is 1. The van der Waals surface area contributed by atoms with Crippen molar-refractivity contribution in [1.29, 1.82) is 0 Å². The van der Waals surface area contributed by atoms with E-state index < -0.39 is 0 Å². The van der Waals surface area contributed by atoms with Crippen LogP contribution in [0, 0.1) is 0 Å². The quantitative estimate of drug-likeness (QED) is 0.578. The molecule has 0 atom stereocenters. The van der Waals surface area contributed by atoms with Crippen LogP contribution >= 0.6 is 0 Å². The minimum atomic E-state index is 0.314. The number of nitrogen functional groups attached to an aromatic ring is 1. The summed E-state index contributed by atoms with van der Waals surface area (Å²) in [5.41, 5.74) is 2.47. The Morgan fingerprint density at radius 2 is 2.05 bits per heavy atom. The third-order valence-corrected chi connectivity index (χ3v) is 3.72. The maximum Gasteiger partial charge on any atom is 0.323 e. The van der Waals surface area contributed by atoms with Crippen LogP contribution in [-0.2, 0) is 0 Å². The van der Waals surface area contributed by atoms with Crippen molar-refractivity contribution in [1.82, 2.24) is 19.9 Å². The number of rotatable bonds is 6. The van der Waals surface area contributed by atoms with E-state index in [1.165, 1.54) is 0 Å². The molecular weight excluding hydrogens is 270 g/mol. The first-order chi connectivity index (χ1) is 10.1. The number of piperidine rings is 1. The molecule has 0 unspecified atom stereocenters. The Morgan fingerprint density at radius 1 is 1.33 bits per heavy atom. The van der Waals surface area contributed by atoms with Crippen LogP contribution in [0.25, 0.3) is 0 Å². The topological polar surface area (TPSA) is 92.4 Å². The van der Waals surface area contributed by atoms with Crippen molar-refractivity contribution in [2.24, 2.45) is 5.84 Å². The van der Waals surface area contributed by atoms with Gasteiger partial charge in [-0.1, -0.05) is 6.92 Å². The summed E-state index contributed by atoms with van der Waals surface area (Å²) in [4.78, 5) is 17.3. The molecule has 2 rings (SSSR count). The SMILES string of the molecule is CCCOc1nc(NN)nc(N(C)C2CCN(C)CC2)n1. The van der Waals surface area contributed by atoms with Gasteiger partial charge in [0.2, 0.25) is 11.9 Å². The molecule has 1 aliphatic rings. The highest BCUT2D eigenvalue weighted by molar-refractivity contribution is 5.38. The Hall–Kier alpha value is -1.67. The van der Waals surface area contributed by atoms with Crippen LogP contribution in [0.15, 0.2) is 0 Å². The Labute approximate surface area is 125 Å². The van der Waals surface area contributed by atoms with Crippen molar-refractivity contribution in [3.05, 3.63) is 0 Å². The molecule has 2 heterocycles. The average molecular weight is 295 g/mol. The van der Waals surface area contributed by atoms with Crippen molar-refractivity contribution in [3.63, 3.8) is 0 Å². The van der Waals surface area contributed by atoms with Crippen LogP contribution in [0.2, 0.25) is 0 Å². The lowest BCUT2D eigenvalue weighted by molar-refractivity contribution is 0.251. The number of hydrogen-bond acceptors (Lipinski definition) is 8. The zero-order valence-corrected chi connectivity index (χ0v) is 13.0. The number of aromatic nitrogens is 3. The molecule has 0 amide bonds. The fourth-order valence-electron chi connectivity index (χ4n) is 2.37. The minimum absolute atomic E-state index is 0.314. The van der Waals surface area contributed by atoms with Crippen molar-refractivity contribution in [2.45, 2.75) is 32.2 Å². The molecule has 8 nitrogen and oxygen atoms in total. The maximum atomic E-state index is 5.50. The van der Waals surface area contributed by atoms with E-state index in [0.717, 1.165) is 32.4 Å². The fourth-order valence-corrected chi connectivity index (χ4v) is 2.37. The second kappa shape index (κ2) is 7.37. The Morgan fingerprint density at radius 3 is 2.67 bits per heavy atom. The van der Waals surface area contributed by atoms with Crippen LogP contribution in [0.1, 0.15) is 26.2 Å². The molecule has 0 radical (unpaired) electrons. The van der Waals surface area contributed by atoms with Crippen LogP contribution in [0.3, 0.4) is 0 Å². The van der Waals surface area contributed by atoms with Gasteiger partial charge in [0, 0.05) is 13.1 Å². The third kappa shape index (κ3) is 4.15. The molecule has 1 aromatic rings. The van der Waals surface area contributed by atoms with E-state index in [4.69, 9.17) is 10.6 Å². The van der Waals surface area contributed by atoms with Gasteiger partial charge in [-0.2, -0.15) is 15.0 Å². The number of nitrogens with zero attached hydrogens (tertiary/aromatic N) is 5. The first-order valence-corrected chi connectivity index (χ1v) is 7.41. The molecule has 3 N–H and O–H groups in total. The van der Waals surface area contributed by atoms with Crippen molar-refractivity contribution in [3.8, 4) is 6.01 Å². The molecule has 0 aliphatic carbocycles. The van der Waals surface area contributed by atoms with Crippen LogP contribution < -0.4 is 20.9 Å². The molecule has 118 valence electrons. The highest BCUT2D eigenvalue weighted by Gasteiger charge is 2.23. The number of likely N-dealkylation sites (tertiary alicyclic amines) is 1. The van der Waals surface area contributed by atoms with E-state index in [0.29, 0.717) is 30.6 Å². The monoisotopic (exact) mass is 295 g/mol. The molecule has 0 spiro atoms. The van der Waals surface area contributed by atoms with Gasteiger partial charge in [0.15, 0.2) is 0 Å². The standard InChI is InChI=1S/C13H25N7O/c1-4-9-21-13-16-11(18-14)15-12(17-13)20(3)10-5-7-19(2)8-6-10/h10H,4-9,14H2,1-3H3,(H,15,16,17,18). The minimum Gasteiger partial charge on any atom is -0.463 e. The summed E-state index contributed by atoms with van der Waals surface area (Å²) in [5.74, 6) is 6.35. The van der Waals surface area contributed by atoms with Gasteiger partial charge in [-0.05, 0) is 39.4 Å². The molecule has 0 aromatic carbocycles. The maximum absolute atomic E-state index is 5.50. The van der Waals surface area contributed by atoms with Gasteiger partial charge >= 0.3 is 6.01 Å². The van der Waals surface area contributed by atoms with E-state index in [1.54, 1.807) is 0 Å². The second-order valence-electron chi connectivity index (χ2n) is 5.38. The van der Waals surface area contributed by atoms with Crippen LogP contribution in [0.5, 0.6) is 6.01 Å². The summed E-state index contributed by atoms with van der Waals surface area (Å²) in [6, 6.07) is 0.739. The van der Waals surface area contributed by atoms with Crippen LogP contribution in [0.4, 0.5) is 11.9 Å². The number of nitrogens with one attached hydrogen (secondary N) is 1. The van der Waals surface area contributed by atoms with Gasteiger partial charge < -0.3 is 14.5 Å². The molecule has 8 heteroatoms. The van der Waals surface area contributed by atoms with E-state index in [1.807, 2.05) is 14.0 Å². The summed E-state index contributed by atoms with van der Waals surface area (Å²) in [5, 5.41) is 0. The van der Waals surface area contributed by atoms with Crippen molar-refractivity contribution >= 4 is 11.9 Å². The van der Waals surface area contributed by atoms with Gasteiger partial charge in [0.05, 0.1) is 6.61 Å². The van der Waals surface area contributed by atoms with Gasteiger partial charge in [-0.15, -0.1) is 0 Å². The second-order valence-corrected chi connectivity index (χ2v) is 5.38. The number of anilines is 2. The lowest BCUT2D eigenvalue weighted by Crippen LogP contribution is -2.42. The molecule has 1 aliphatic heterocycles.